The largest absolute Gasteiger partial charge is 0.497 e. The summed E-state index contributed by atoms with van der Waals surface area (Å²) in [7, 11) is 1.56. The molecule has 0 unspecified atom stereocenters. The first kappa shape index (κ1) is 21.9. The average molecular weight is 447 g/mol. The van der Waals surface area contributed by atoms with Crippen LogP contribution in [0.25, 0.3) is 11.0 Å². The first-order chi connectivity index (χ1) is 16.1. The van der Waals surface area contributed by atoms with E-state index in [2.05, 4.69) is 5.16 Å². The van der Waals surface area contributed by atoms with Gasteiger partial charge in [0.2, 0.25) is 0 Å². The smallest absolute Gasteiger partial charge is 0.343 e. The third-order valence-corrected chi connectivity index (χ3v) is 4.80. The molecule has 0 aliphatic heterocycles. The second kappa shape index (κ2) is 9.86. The third-order valence-electron chi connectivity index (χ3n) is 4.80. The molecule has 1 aromatic heterocycles. The van der Waals surface area contributed by atoms with Crippen molar-refractivity contribution >= 4 is 22.9 Å². The third kappa shape index (κ3) is 5.12. The molecular formula is C25H21NO7. The molecule has 8 nitrogen and oxygen atoms in total. The van der Waals surface area contributed by atoms with Crippen molar-refractivity contribution in [1.29, 1.82) is 0 Å². The molecule has 8 heteroatoms. The first-order valence-corrected chi connectivity index (χ1v) is 10.2. The summed E-state index contributed by atoms with van der Waals surface area (Å²) in [4.78, 5) is 24.1. The SMILES string of the molecule is CCOC(=O)c1ccc(OCc2noc3cc(OC(=O)c4ccc(OC)cc4)ccc23)cc1. The Labute approximate surface area is 189 Å². The van der Waals surface area contributed by atoms with E-state index in [0.717, 1.165) is 5.39 Å². The van der Waals surface area contributed by atoms with Gasteiger partial charge in [0, 0.05) is 11.5 Å². The van der Waals surface area contributed by atoms with E-state index in [4.69, 9.17) is 23.5 Å². The summed E-state index contributed by atoms with van der Waals surface area (Å²) >= 11 is 0. The minimum Gasteiger partial charge on any atom is -0.497 e. The standard InChI is InChI=1S/C25H21NO7/c1-3-30-24(27)16-6-10-19(11-7-16)31-15-22-21-13-12-20(14-23(21)33-26-22)32-25(28)17-4-8-18(29-2)9-5-17/h4-14H,3,15H2,1-2H3. The van der Waals surface area contributed by atoms with Crippen LogP contribution in [0.3, 0.4) is 0 Å². The lowest BCUT2D eigenvalue weighted by molar-refractivity contribution is 0.0526. The summed E-state index contributed by atoms with van der Waals surface area (Å²) in [5.41, 5.74) is 1.91. The lowest BCUT2D eigenvalue weighted by Crippen LogP contribution is -2.08. The van der Waals surface area contributed by atoms with Gasteiger partial charge in [0.05, 0.1) is 24.8 Å². The van der Waals surface area contributed by atoms with Crippen LogP contribution in [0.4, 0.5) is 0 Å². The van der Waals surface area contributed by atoms with Crippen molar-refractivity contribution in [3.8, 4) is 17.2 Å². The summed E-state index contributed by atoms with van der Waals surface area (Å²) in [6.45, 7) is 2.24. The van der Waals surface area contributed by atoms with Crippen molar-refractivity contribution in [1.82, 2.24) is 5.16 Å². The molecular weight excluding hydrogens is 426 g/mol. The van der Waals surface area contributed by atoms with Crippen molar-refractivity contribution in [3.63, 3.8) is 0 Å². The molecule has 0 bridgehead atoms. The maximum atomic E-state index is 12.4. The normalized spacial score (nSPS) is 10.6. The monoisotopic (exact) mass is 447 g/mol. The molecule has 0 atom stereocenters. The number of aromatic nitrogens is 1. The molecule has 0 saturated heterocycles. The van der Waals surface area contributed by atoms with Gasteiger partial charge in [0.1, 0.15) is 29.5 Å². The van der Waals surface area contributed by atoms with Crippen LogP contribution in [0, 0.1) is 0 Å². The number of fused-ring (bicyclic) bond motifs is 1. The topological polar surface area (TPSA) is 97.1 Å². The van der Waals surface area contributed by atoms with E-state index in [0.29, 0.717) is 46.3 Å². The fraction of sp³-hybridized carbons (Fsp3) is 0.160. The Hall–Kier alpha value is -4.33. The van der Waals surface area contributed by atoms with Gasteiger partial charge >= 0.3 is 11.9 Å². The average Bonchev–Trinajstić information content (AvgIpc) is 3.25. The van der Waals surface area contributed by atoms with E-state index in [-0.39, 0.29) is 12.6 Å². The highest BCUT2D eigenvalue weighted by atomic mass is 16.5. The number of carbonyl (C=O) groups excluding carboxylic acids is 2. The molecule has 33 heavy (non-hydrogen) atoms. The van der Waals surface area contributed by atoms with Crippen LogP contribution in [-0.2, 0) is 11.3 Å². The highest BCUT2D eigenvalue weighted by Gasteiger charge is 2.14. The lowest BCUT2D eigenvalue weighted by atomic mass is 10.2. The Balaban J connectivity index is 1.40. The molecule has 0 aliphatic carbocycles. The molecule has 4 aromatic rings. The van der Waals surface area contributed by atoms with Crippen LogP contribution in [0.1, 0.15) is 33.3 Å². The van der Waals surface area contributed by atoms with Gasteiger partial charge < -0.3 is 23.5 Å². The second-order valence-electron chi connectivity index (χ2n) is 6.94. The molecule has 3 aromatic carbocycles. The Morgan fingerprint density at radius 2 is 1.48 bits per heavy atom. The molecule has 0 N–H and O–H groups in total. The Bertz CT molecular complexity index is 1260. The molecule has 0 radical (unpaired) electrons. The molecule has 0 fully saturated rings. The lowest BCUT2D eigenvalue weighted by Gasteiger charge is -2.06. The number of hydrogen-bond acceptors (Lipinski definition) is 8. The quantitative estimate of drug-likeness (QED) is 0.280. The van der Waals surface area contributed by atoms with Gasteiger partial charge in [-0.1, -0.05) is 5.16 Å². The van der Waals surface area contributed by atoms with Gasteiger partial charge in [-0.15, -0.1) is 0 Å². The van der Waals surface area contributed by atoms with Crippen molar-refractivity contribution in [2.45, 2.75) is 13.5 Å². The first-order valence-electron chi connectivity index (χ1n) is 10.2. The van der Waals surface area contributed by atoms with Crippen molar-refractivity contribution in [2.75, 3.05) is 13.7 Å². The zero-order chi connectivity index (χ0) is 23.2. The minimum atomic E-state index is -0.494. The number of carbonyl (C=O) groups is 2. The Kier molecular flexibility index (Phi) is 6.54. The molecule has 0 amide bonds. The minimum absolute atomic E-state index is 0.163. The van der Waals surface area contributed by atoms with Crippen molar-refractivity contribution in [3.05, 3.63) is 83.6 Å². The van der Waals surface area contributed by atoms with Crippen LogP contribution < -0.4 is 14.2 Å². The highest BCUT2D eigenvalue weighted by molar-refractivity contribution is 5.92. The van der Waals surface area contributed by atoms with Gasteiger partial charge in [-0.2, -0.15) is 0 Å². The summed E-state index contributed by atoms with van der Waals surface area (Å²) < 4.78 is 26.6. The number of nitrogens with zero attached hydrogens (tertiary/aromatic N) is 1. The number of ether oxygens (including phenoxy) is 4. The van der Waals surface area contributed by atoms with E-state index >= 15 is 0 Å². The van der Waals surface area contributed by atoms with Gasteiger partial charge in [-0.05, 0) is 67.6 Å². The van der Waals surface area contributed by atoms with E-state index in [1.807, 2.05) is 0 Å². The van der Waals surface area contributed by atoms with E-state index < -0.39 is 5.97 Å². The van der Waals surface area contributed by atoms with E-state index in [1.54, 1.807) is 80.8 Å². The summed E-state index contributed by atoms with van der Waals surface area (Å²) in [6, 6.07) is 18.3. The predicted octanol–water partition coefficient (Wildman–Crippen LogP) is 4.81. The van der Waals surface area contributed by atoms with Crippen molar-refractivity contribution < 1.29 is 33.1 Å². The van der Waals surface area contributed by atoms with E-state index in [9.17, 15) is 9.59 Å². The maximum absolute atomic E-state index is 12.4. The molecule has 1 heterocycles. The maximum Gasteiger partial charge on any atom is 0.343 e. The van der Waals surface area contributed by atoms with Crippen LogP contribution in [0.15, 0.2) is 71.3 Å². The van der Waals surface area contributed by atoms with Crippen molar-refractivity contribution in [2.24, 2.45) is 0 Å². The Morgan fingerprint density at radius 3 is 2.15 bits per heavy atom. The predicted molar refractivity (Wildman–Crippen MR) is 119 cm³/mol. The highest BCUT2D eigenvalue weighted by Crippen LogP contribution is 2.26. The van der Waals surface area contributed by atoms with Gasteiger partial charge in [0.15, 0.2) is 5.58 Å². The fourth-order valence-corrected chi connectivity index (χ4v) is 3.08. The molecule has 168 valence electrons. The van der Waals surface area contributed by atoms with E-state index in [1.165, 1.54) is 0 Å². The van der Waals surface area contributed by atoms with Gasteiger partial charge in [-0.25, -0.2) is 9.59 Å². The van der Waals surface area contributed by atoms with Crippen LogP contribution in [-0.4, -0.2) is 30.8 Å². The second-order valence-corrected chi connectivity index (χ2v) is 6.94. The fourth-order valence-electron chi connectivity index (χ4n) is 3.08. The summed E-state index contributed by atoms with van der Waals surface area (Å²) in [5, 5.41) is 4.79. The zero-order valence-corrected chi connectivity index (χ0v) is 18.1. The van der Waals surface area contributed by atoms with Gasteiger partial charge in [-0.3, -0.25) is 0 Å². The Morgan fingerprint density at radius 1 is 0.848 bits per heavy atom. The van der Waals surface area contributed by atoms with Crippen LogP contribution in [0.2, 0.25) is 0 Å². The number of rotatable bonds is 8. The molecule has 0 saturated carbocycles. The van der Waals surface area contributed by atoms with Crippen LogP contribution in [0.5, 0.6) is 17.2 Å². The number of esters is 2. The number of benzene rings is 3. The van der Waals surface area contributed by atoms with Gasteiger partial charge in [0.25, 0.3) is 0 Å². The summed E-state index contributed by atoms with van der Waals surface area (Å²) in [6.07, 6.45) is 0. The van der Waals surface area contributed by atoms with Crippen LogP contribution >= 0.6 is 0 Å². The molecule has 0 aliphatic rings. The molecule has 4 rings (SSSR count). The number of hydrogen-bond donors (Lipinski definition) is 0. The zero-order valence-electron chi connectivity index (χ0n) is 18.1. The molecule has 0 spiro atoms. The number of methoxy groups -OCH3 is 1. The summed E-state index contributed by atoms with van der Waals surface area (Å²) in [5.74, 6) is 0.687.